The van der Waals surface area contributed by atoms with Crippen LogP contribution < -0.4 is 5.32 Å². The maximum absolute atomic E-state index is 14.2. The van der Waals surface area contributed by atoms with Crippen LogP contribution in [0.25, 0.3) is 0 Å². The number of aliphatic hydroxyl groups excluding tert-OH is 1. The molecule has 39 heavy (non-hydrogen) atoms. The van der Waals surface area contributed by atoms with Crippen molar-refractivity contribution in [2.75, 3.05) is 13.1 Å². The largest absolute Gasteiger partial charge is 0.488 e. The molecule has 2 N–H and O–H groups in total. The van der Waals surface area contributed by atoms with E-state index in [1.165, 1.54) is 6.20 Å². The number of carbonyl (C=O) groups is 2. The van der Waals surface area contributed by atoms with Gasteiger partial charge >= 0.3 is 0 Å². The highest BCUT2D eigenvalue weighted by molar-refractivity contribution is 5.99. The SMILES string of the molecule is O=C(NCc1c(F)cc(F)cc1F)C1=CN2C(=C(OCc3ccccc3)C1O)C(=O)N1CC3CC[C@@H](C3)[C@@H]2C1. The van der Waals surface area contributed by atoms with Crippen LogP contribution in [0.5, 0.6) is 0 Å². The van der Waals surface area contributed by atoms with Gasteiger partial charge in [-0.15, -0.1) is 0 Å². The van der Waals surface area contributed by atoms with Gasteiger partial charge in [0.15, 0.2) is 5.76 Å². The minimum atomic E-state index is -1.58. The van der Waals surface area contributed by atoms with E-state index in [-0.39, 0.29) is 35.6 Å². The van der Waals surface area contributed by atoms with Crippen molar-refractivity contribution in [1.82, 2.24) is 15.1 Å². The fourth-order valence-electron chi connectivity index (χ4n) is 6.26. The molecule has 2 aromatic rings. The number of nitrogens with zero attached hydrogens (tertiary/aromatic N) is 2. The quantitative estimate of drug-likeness (QED) is 0.589. The highest BCUT2D eigenvalue weighted by Gasteiger charge is 2.50. The zero-order chi connectivity index (χ0) is 27.3. The summed E-state index contributed by atoms with van der Waals surface area (Å²) in [5.41, 5.74) is 0.420. The summed E-state index contributed by atoms with van der Waals surface area (Å²) >= 11 is 0. The molecule has 4 bridgehead atoms. The average molecular weight is 540 g/mol. The van der Waals surface area contributed by atoms with E-state index in [2.05, 4.69) is 5.32 Å². The van der Waals surface area contributed by atoms with Gasteiger partial charge in [-0.05, 0) is 36.7 Å². The monoisotopic (exact) mass is 539 g/mol. The van der Waals surface area contributed by atoms with Crippen molar-refractivity contribution in [3.63, 3.8) is 0 Å². The van der Waals surface area contributed by atoms with Gasteiger partial charge in [-0.25, -0.2) is 13.2 Å². The molecule has 2 saturated heterocycles. The number of benzene rings is 2. The third kappa shape index (κ3) is 4.67. The van der Waals surface area contributed by atoms with Crippen molar-refractivity contribution >= 4 is 11.8 Å². The first-order valence-electron chi connectivity index (χ1n) is 13.1. The molecule has 4 aliphatic rings. The Kier molecular flexibility index (Phi) is 6.58. The molecule has 4 atom stereocenters. The number of hydrogen-bond acceptors (Lipinski definition) is 5. The van der Waals surface area contributed by atoms with Crippen molar-refractivity contribution in [2.24, 2.45) is 11.8 Å². The number of rotatable bonds is 6. The average Bonchev–Trinajstić information content (AvgIpc) is 3.29. The van der Waals surface area contributed by atoms with Crippen LogP contribution in [0.4, 0.5) is 13.2 Å². The van der Waals surface area contributed by atoms with Crippen molar-refractivity contribution < 1.29 is 32.6 Å². The van der Waals surface area contributed by atoms with Crippen LogP contribution in [0, 0.1) is 29.3 Å². The molecule has 1 aliphatic carbocycles. The first kappa shape index (κ1) is 25.5. The van der Waals surface area contributed by atoms with E-state index >= 15 is 0 Å². The summed E-state index contributed by atoms with van der Waals surface area (Å²) in [6, 6.07) is 10.2. The Morgan fingerprint density at radius 1 is 1.08 bits per heavy atom. The van der Waals surface area contributed by atoms with E-state index in [9.17, 15) is 27.9 Å². The lowest BCUT2D eigenvalue weighted by atomic mass is 9.91. The number of ether oxygens (including phenoxy) is 1. The van der Waals surface area contributed by atoms with Crippen LogP contribution >= 0.6 is 0 Å². The van der Waals surface area contributed by atoms with Gasteiger partial charge in [-0.1, -0.05) is 30.3 Å². The van der Waals surface area contributed by atoms with Gasteiger partial charge in [0.2, 0.25) is 0 Å². The maximum atomic E-state index is 14.2. The summed E-state index contributed by atoms with van der Waals surface area (Å²) in [4.78, 5) is 30.5. The van der Waals surface area contributed by atoms with E-state index in [4.69, 9.17) is 4.74 Å². The molecule has 3 heterocycles. The second-order valence-electron chi connectivity index (χ2n) is 10.6. The molecule has 3 aliphatic heterocycles. The fraction of sp³-hybridized carbons (Fsp3) is 0.379. The predicted molar refractivity (Wildman–Crippen MR) is 134 cm³/mol. The van der Waals surface area contributed by atoms with Crippen molar-refractivity contribution in [3.05, 3.63) is 94.3 Å². The Morgan fingerprint density at radius 3 is 2.56 bits per heavy atom. The molecule has 204 valence electrons. The molecule has 7 nitrogen and oxygen atoms in total. The number of fused-ring (bicyclic) bond motifs is 7. The van der Waals surface area contributed by atoms with Crippen LogP contribution in [-0.4, -0.2) is 52.0 Å². The zero-order valence-corrected chi connectivity index (χ0v) is 21.1. The second-order valence-corrected chi connectivity index (χ2v) is 10.6. The Bertz CT molecular complexity index is 1360. The van der Waals surface area contributed by atoms with Crippen LogP contribution in [0.15, 0.2) is 65.7 Å². The Hall–Kier alpha value is -3.79. The van der Waals surface area contributed by atoms with Crippen LogP contribution in [0.2, 0.25) is 0 Å². The van der Waals surface area contributed by atoms with Crippen LogP contribution in [0.1, 0.15) is 30.4 Å². The maximum Gasteiger partial charge on any atom is 0.274 e. The van der Waals surface area contributed by atoms with Crippen molar-refractivity contribution in [1.29, 1.82) is 0 Å². The smallest absolute Gasteiger partial charge is 0.274 e. The van der Waals surface area contributed by atoms with Crippen molar-refractivity contribution in [2.45, 2.75) is 44.6 Å². The number of carbonyl (C=O) groups excluding carboxylic acids is 2. The van der Waals surface area contributed by atoms with Gasteiger partial charge in [-0.2, -0.15) is 0 Å². The zero-order valence-electron chi connectivity index (χ0n) is 21.1. The number of halogens is 3. The number of piperazine rings is 1. The molecule has 10 heteroatoms. The van der Waals surface area contributed by atoms with Crippen LogP contribution in [0.3, 0.4) is 0 Å². The first-order chi connectivity index (χ1) is 18.8. The number of hydrogen-bond donors (Lipinski definition) is 2. The molecule has 0 radical (unpaired) electrons. The lowest BCUT2D eigenvalue weighted by Crippen LogP contribution is -2.57. The van der Waals surface area contributed by atoms with E-state index in [1.807, 2.05) is 35.2 Å². The molecule has 2 aromatic carbocycles. The summed E-state index contributed by atoms with van der Waals surface area (Å²) in [7, 11) is 0. The minimum absolute atomic E-state index is 0.0249. The number of amides is 2. The topological polar surface area (TPSA) is 82.1 Å². The second kappa shape index (κ2) is 10.1. The van der Waals surface area contributed by atoms with Crippen LogP contribution in [-0.2, 0) is 27.5 Å². The summed E-state index contributed by atoms with van der Waals surface area (Å²) in [5, 5.41) is 13.8. The summed E-state index contributed by atoms with van der Waals surface area (Å²) < 4.78 is 47.7. The standard InChI is InChI=1S/C29H28F3N3O4/c30-19-9-22(31)20(23(32)10-19)11-33-28(37)21-13-35-24-14-34(12-17-6-7-18(24)8-17)29(38)25(35)27(26(21)36)39-15-16-4-2-1-3-5-16/h1-5,9-10,13,17-18,24,26,36H,6-8,11-12,14-15H2,(H,33,37)/t17?,18-,24-,26?/m0/s1. The third-order valence-electron chi connectivity index (χ3n) is 8.20. The number of aliphatic hydroxyl groups is 1. The Morgan fingerprint density at radius 2 is 1.82 bits per heavy atom. The lowest BCUT2D eigenvalue weighted by molar-refractivity contribution is -0.134. The summed E-state index contributed by atoms with van der Waals surface area (Å²) in [6.45, 7) is 0.660. The highest BCUT2D eigenvalue weighted by atomic mass is 19.1. The summed E-state index contributed by atoms with van der Waals surface area (Å²) in [6.07, 6.45) is 2.90. The molecule has 0 aromatic heterocycles. The molecule has 2 unspecified atom stereocenters. The molecular formula is C29H28F3N3O4. The minimum Gasteiger partial charge on any atom is -0.488 e. The fourth-order valence-corrected chi connectivity index (χ4v) is 6.26. The van der Waals surface area contributed by atoms with Gasteiger partial charge in [0.1, 0.15) is 35.9 Å². The van der Waals surface area contributed by atoms with E-state index in [0.29, 0.717) is 37.1 Å². The lowest BCUT2D eigenvalue weighted by Gasteiger charge is -2.46. The summed E-state index contributed by atoms with van der Waals surface area (Å²) in [5.74, 6) is -3.67. The van der Waals surface area contributed by atoms with E-state index in [1.54, 1.807) is 4.90 Å². The van der Waals surface area contributed by atoms with E-state index < -0.39 is 41.6 Å². The van der Waals surface area contributed by atoms with E-state index in [0.717, 1.165) is 24.8 Å². The van der Waals surface area contributed by atoms with Crippen molar-refractivity contribution in [3.8, 4) is 0 Å². The Balaban J connectivity index is 1.33. The molecule has 1 saturated carbocycles. The number of nitrogens with one attached hydrogen (secondary N) is 1. The molecule has 3 fully saturated rings. The first-order valence-corrected chi connectivity index (χ1v) is 13.1. The molecule has 0 spiro atoms. The predicted octanol–water partition coefficient (Wildman–Crippen LogP) is 3.35. The Labute approximate surface area is 223 Å². The van der Waals surface area contributed by atoms with Gasteiger partial charge in [-0.3, -0.25) is 9.59 Å². The van der Waals surface area contributed by atoms with Gasteiger partial charge in [0.25, 0.3) is 11.8 Å². The van der Waals surface area contributed by atoms with Gasteiger partial charge in [0, 0.05) is 43.5 Å². The molecule has 6 rings (SSSR count). The molecule has 2 amide bonds. The molecular weight excluding hydrogens is 511 g/mol. The highest BCUT2D eigenvalue weighted by Crippen LogP contribution is 2.44. The third-order valence-corrected chi connectivity index (χ3v) is 8.20. The van der Waals surface area contributed by atoms with Gasteiger partial charge in [0.05, 0.1) is 11.6 Å². The normalized spacial score (nSPS) is 25.7. The van der Waals surface area contributed by atoms with Gasteiger partial charge < -0.3 is 25.0 Å².